The summed E-state index contributed by atoms with van der Waals surface area (Å²) in [6.07, 6.45) is 6.92. The minimum atomic E-state index is -0.468. The molecular formula is C19H25N5O3. The minimum Gasteiger partial charge on any atom is -0.335 e. The van der Waals surface area contributed by atoms with Crippen molar-refractivity contribution in [1.29, 1.82) is 0 Å². The van der Waals surface area contributed by atoms with Crippen molar-refractivity contribution >= 4 is 17.3 Å². The van der Waals surface area contributed by atoms with Crippen LogP contribution in [0.1, 0.15) is 25.6 Å². The van der Waals surface area contributed by atoms with E-state index in [1.54, 1.807) is 12.1 Å². The van der Waals surface area contributed by atoms with Crippen molar-refractivity contribution in [3.8, 4) is 0 Å². The van der Waals surface area contributed by atoms with Crippen LogP contribution in [0, 0.1) is 16.0 Å². The number of carbonyl (C=O) groups excluding carboxylic acids is 1. The number of likely N-dealkylation sites (tertiary alicyclic amines) is 1. The van der Waals surface area contributed by atoms with E-state index in [0.29, 0.717) is 18.2 Å². The number of nitrogens with one attached hydrogen (secondary N) is 1. The number of nitro benzene ring substituents is 1. The lowest BCUT2D eigenvalue weighted by Gasteiger charge is -2.31. The Morgan fingerprint density at radius 2 is 2.15 bits per heavy atom. The molecule has 0 radical (unpaired) electrons. The molecule has 1 aromatic heterocycles. The summed E-state index contributed by atoms with van der Waals surface area (Å²) >= 11 is 0. The number of non-ortho nitro benzene ring substituents is 1. The van der Waals surface area contributed by atoms with Crippen LogP contribution in [0.5, 0.6) is 0 Å². The van der Waals surface area contributed by atoms with Crippen LogP contribution in [0.25, 0.3) is 0 Å². The van der Waals surface area contributed by atoms with Gasteiger partial charge in [0.2, 0.25) is 5.91 Å². The zero-order chi connectivity index (χ0) is 19.2. The summed E-state index contributed by atoms with van der Waals surface area (Å²) in [5.74, 6) is 1.58. The maximum atomic E-state index is 12.2. The summed E-state index contributed by atoms with van der Waals surface area (Å²) in [4.78, 5) is 29.1. The third-order valence-electron chi connectivity index (χ3n) is 4.99. The van der Waals surface area contributed by atoms with Crippen molar-refractivity contribution < 1.29 is 9.72 Å². The standard InChI is InChI=1S/C19H25N5O3/c1-2-18-20-8-11-23(18)13-15-6-9-22(10-7-15)14-19(25)21-16-4-3-5-17(12-16)24(26)27/h3-5,8,11-12,15H,2,6-7,9-10,13-14H2,1H3,(H,21,25). The second-order valence-electron chi connectivity index (χ2n) is 6.92. The predicted molar refractivity (Wildman–Crippen MR) is 102 cm³/mol. The van der Waals surface area contributed by atoms with Crippen molar-refractivity contribution in [3.05, 3.63) is 52.6 Å². The fraction of sp³-hybridized carbons (Fsp3) is 0.474. The van der Waals surface area contributed by atoms with Crippen molar-refractivity contribution in [1.82, 2.24) is 14.5 Å². The predicted octanol–water partition coefficient (Wildman–Crippen LogP) is 2.70. The summed E-state index contributed by atoms with van der Waals surface area (Å²) in [5, 5.41) is 13.6. The van der Waals surface area contributed by atoms with E-state index in [4.69, 9.17) is 0 Å². The molecule has 1 aliphatic heterocycles. The molecular weight excluding hydrogens is 346 g/mol. The lowest BCUT2D eigenvalue weighted by Crippen LogP contribution is -2.40. The number of amides is 1. The molecule has 1 aromatic carbocycles. The van der Waals surface area contributed by atoms with Gasteiger partial charge in [-0.25, -0.2) is 4.98 Å². The first-order chi connectivity index (χ1) is 13.0. The second-order valence-corrected chi connectivity index (χ2v) is 6.92. The van der Waals surface area contributed by atoms with Gasteiger partial charge in [0.25, 0.3) is 5.69 Å². The molecule has 1 N–H and O–H groups in total. The molecule has 3 rings (SSSR count). The number of carbonyl (C=O) groups is 1. The average Bonchev–Trinajstić information content (AvgIpc) is 3.10. The van der Waals surface area contributed by atoms with Gasteiger partial charge in [0.05, 0.1) is 11.5 Å². The van der Waals surface area contributed by atoms with E-state index in [1.165, 1.54) is 12.1 Å². The maximum absolute atomic E-state index is 12.2. The average molecular weight is 371 g/mol. The Bertz CT molecular complexity index is 796. The highest BCUT2D eigenvalue weighted by atomic mass is 16.6. The Morgan fingerprint density at radius 1 is 1.37 bits per heavy atom. The number of piperidine rings is 1. The van der Waals surface area contributed by atoms with Gasteiger partial charge >= 0.3 is 0 Å². The van der Waals surface area contributed by atoms with Crippen LogP contribution in [-0.4, -0.2) is 44.9 Å². The first kappa shape index (κ1) is 19.0. The largest absolute Gasteiger partial charge is 0.335 e. The number of benzene rings is 1. The van der Waals surface area contributed by atoms with Gasteiger partial charge in [-0.2, -0.15) is 0 Å². The van der Waals surface area contributed by atoms with Crippen LogP contribution < -0.4 is 5.32 Å². The van der Waals surface area contributed by atoms with E-state index in [2.05, 4.69) is 26.7 Å². The number of hydrogen-bond donors (Lipinski definition) is 1. The zero-order valence-corrected chi connectivity index (χ0v) is 15.5. The van der Waals surface area contributed by atoms with Crippen LogP contribution in [-0.2, 0) is 17.8 Å². The molecule has 0 atom stereocenters. The van der Waals surface area contributed by atoms with Crippen LogP contribution in [0.2, 0.25) is 0 Å². The summed E-state index contributed by atoms with van der Waals surface area (Å²) in [6.45, 7) is 5.16. The number of rotatable bonds is 7. The van der Waals surface area contributed by atoms with Gasteiger partial charge < -0.3 is 9.88 Å². The van der Waals surface area contributed by atoms with Crippen LogP contribution >= 0.6 is 0 Å². The Balaban J connectivity index is 1.45. The van der Waals surface area contributed by atoms with Crippen LogP contribution in [0.4, 0.5) is 11.4 Å². The Hall–Kier alpha value is -2.74. The van der Waals surface area contributed by atoms with Gasteiger partial charge in [0, 0.05) is 43.2 Å². The molecule has 1 fully saturated rings. The molecule has 8 nitrogen and oxygen atoms in total. The molecule has 0 unspecified atom stereocenters. The molecule has 2 heterocycles. The molecule has 0 aliphatic carbocycles. The topological polar surface area (TPSA) is 93.3 Å². The summed E-state index contributed by atoms with van der Waals surface area (Å²) in [7, 11) is 0. The molecule has 144 valence electrons. The summed E-state index contributed by atoms with van der Waals surface area (Å²) in [5.41, 5.74) is 0.427. The minimum absolute atomic E-state index is 0.0282. The van der Waals surface area contributed by atoms with Crippen LogP contribution in [0.3, 0.4) is 0 Å². The number of nitro groups is 1. The number of imidazole rings is 1. The molecule has 0 saturated carbocycles. The van der Waals surface area contributed by atoms with Crippen molar-refractivity contribution in [2.24, 2.45) is 5.92 Å². The summed E-state index contributed by atoms with van der Waals surface area (Å²) in [6, 6.07) is 6.01. The van der Waals surface area contributed by atoms with E-state index in [-0.39, 0.29) is 11.6 Å². The highest BCUT2D eigenvalue weighted by molar-refractivity contribution is 5.92. The van der Waals surface area contributed by atoms with Gasteiger partial charge in [-0.3, -0.25) is 19.8 Å². The SMILES string of the molecule is CCc1nccn1CC1CCN(CC(=O)Nc2cccc([N+](=O)[O-])c2)CC1. The highest BCUT2D eigenvalue weighted by Crippen LogP contribution is 2.20. The van der Waals surface area contributed by atoms with E-state index in [0.717, 1.165) is 44.7 Å². The third kappa shape index (κ3) is 5.13. The first-order valence-corrected chi connectivity index (χ1v) is 9.32. The molecule has 0 bridgehead atoms. The summed E-state index contributed by atoms with van der Waals surface area (Å²) < 4.78 is 2.23. The lowest BCUT2D eigenvalue weighted by molar-refractivity contribution is -0.384. The smallest absolute Gasteiger partial charge is 0.271 e. The quantitative estimate of drug-likeness (QED) is 0.597. The van der Waals surface area contributed by atoms with Crippen molar-refractivity contribution in [3.63, 3.8) is 0 Å². The van der Waals surface area contributed by atoms with Gasteiger partial charge in [-0.1, -0.05) is 13.0 Å². The number of anilines is 1. The van der Waals surface area contributed by atoms with Crippen LogP contribution in [0.15, 0.2) is 36.7 Å². The van der Waals surface area contributed by atoms with Crippen molar-refractivity contribution in [2.45, 2.75) is 32.7 Å². The molecule has 27 heavy (non-hydrogen) atoms. The van der Waals surface area contributed by atoms with Crippen molar-refractivity contribution in [2.75, 3.05) is 25.0 Å². The zero-order valence-electron chi connectivity index (χ0n) is 15.5. The van der Waals surface area contributed by atoms with Gasteiger partial charge in [0.1, 0.15) is 5.82 Å². The fourth-order valence-electron chi connectivity index (χ4n) is 3.53. The number of nitrogens with zero attached hydrogens (tertiary/aromatic N) is 4. The second kappa shape index (κ2) is 8.77. The molecule has 2 aromatic rings. The van der Waals surface area contributed by atoms with Gasteiger partial charge in [0.15, 0.2) is 0 Å². The molecule has 1 amide bonds. The maximum Gasteiger partial charge on any atom is 0.271 e. The van der Waals surface area contributed by atoms with E-state index < -0.39 is 4.92 Å². The normalized spacial score (nSPS) is 15.6. The molecule has 1 saturated heterocycles. The number of hydrogen-bond acceptors (Lipinski definition) is 5. The molecule has 8 heteroatoms. The lowest BCUT2D eigenvalue weighted by atomic mass is 9.96. The number of aryl methyl sites for hydroxylation is 1. The Morgan fingerprint density at radius 3 is 2.85 bits per heavy atom. The van der Waals surface area contributed by atoms with E-state index >= 15 is 0 Å². The van der Waals surface area contributed by atoms with Gasteiger partial charge in [-0.05, 0) is 37.9 Å². The third-order valence-corrected chi connectivity index (χ3v) is 4.99. The van der Waals surface area contributed by atoms with Gasteiger partial charge in [-0.15, -0.1) is 0 Å². The van der Waals surface area contributed by atoms with E-state index in [9.17, 15) is 14.9 Å². The molecule has 0 spiro atoms. The first-order valence-electron chi connectivity index (χ1n) is 9.32. The highest BCUT2D eigenvalue weighted by Gasteiger charge is 2.22. The van der Waals surface area contributed by atoms with E-state index in [1.807, 2.05) is 12.4 Å². The fourth-order valence-corrected chi connectivity index (χ4v) is 3.53. The monoisotopic (exact) mass is 371 g/mol. The Labute approximate surface area is 158 Å². The Kier molecular flexibility index (Phi) is 6.18. The number of aromatic nitrogens is 2. The molecule has 1 aliphatic rings.